The zero-order chi connectivity index (χ0) is 14.9. The van der Waals surface area contributed by atoms with E-state index in [9.17, 15) is 0 Å². The van der Waals surface area contributed by atoms with E-state index in [2.05, 4.69) is 51.1 Å². The summed E-state index contributed by atoms with van der Waals surface area (Å²) in [6.45, 7) is 8.59. The molecule has 0 aliphatic rings. The first-order valence-corrected chi connectivity index (χ1v) is 7.13. The number of nitrogens with two attached hydrogens (primary N) is 2. The molecule has 0 saturated carbocycles. The van der Waals surface area contributed by atoms with Crippen LogP contribution in [-0.2, 0) is 11.8 Å². The van der Waals surface area contributed by atoms with E-state index in [0.29, 0.717) is 0 Å². The van der Waals surface area contributed by atoms with Gasteiger partial charge in [-0.25, -0.2) is 0 Å². The molecule has 0 bridgehead atoms. The molecular formula is C18H24N2. The number of benzene rings is 2. The number of anilines is 2. The van der Waals surface area contributed by atoms with Crippen molar-refractivity contribution in [1.82, 2.24) is 0 Å². The summed E-state index contributed by atoms with van der Waals surface area (Å²) in [6, 6.07) is 12.6. The Bertz CT molecular complexity index is 613. The zero-order valence-corrected chi connectivity index (χ0v) is 12.8. The van der Waals surface area contributed by atoms with E-state index in [1.54, 1.807) is 0 Å². The van der Waals surface area contributed by atoms with Crippen LogP contribution in [0.3, 0.4) is 0 Å². The minimum absolute atomic E-state index is 0.130. The summed E-state index contributed by atoms with van der Waals surface area (Å²) < 4.78 is 0. The Balaban J connectivity index is 2.71. The van der Waals surface area contributed by atoms with E-state index >= 15 is 0 Å². The van der Waals surface area contributed by atoms with E-state index in [0.717, 1.165) is 23.4 Å². The Kier molecular flexibility index (Phi) is 3.76. The molecule has 2 aromatic carbocycles. The second kappa shape index (κ2) is 5.20. The van der Waals surface area contributed by atoms with E-state index in [1.165, 1.54) is 16.7 Å². The summed E-state index contributed by atoms with van der Waals surface area (Å²) in [6.07, 6.45) is 0.931. The summed E-state index contributed by atoms with van der Waals surface area (Å²) in [5, 5.41) is 0. The van der Waals surface area contributed by atoms with Crippen LogP contribution in [0.4, 0.5) is 11.4 Å². The van der Waals surface area contributed by atoms with Crippen molar-refractivity contribution in [3.63, 3.8) is 0 Å². The van der Waals surface area contributed by atoms with E-state index in [1.807, 2.05) is 13.0 Å². The average molecular weight is 268 g/mol. The number of hydrogen-bond acceptors (Lipinski definition) is 2. The van der Waals surface area contributed by atoms with Gasteiger partial charge in [-0.3, -0.25) is 0 Å². The summed E-state index contributed by atoms with van der Waals surface area (Å²) >= 11 is 0. The molecule has 4 N–H and O–H groups in total. The molecule has 0 aromatic heterocycles. The van der Waals surface area contributed by atoms with Crippen LogP contribution < -0.4 is 11.5 Å². The van der Waals surface area contributed by atoms with Gasteiger partial charge in [0.15, 0.2) is 0 Å². The van der Waals surface area contributed by atoms with Crippen LogP contribution in [0.15, 0.2) is 36.4 Å². The predicted molar refractivity (Wildman–Crippen MR) is 88.0 cm³/mol. The molecule has 2 aromatic rings. The van der Waals surface area contributed by atoms with Crippen LogP contribution in [0.2, 0.25) is 0 Å². The highest BCUT2D eigenvalue weighted by Crippen LogP contribution is 2.40. The van der Waals surface area contributed by atoms with Crippen molar-refractivity contribution in [2.45, 2.75) is 39.5 Å². The SMILES string of the molecule is CCc1cc(N)c(C)c(N)c1C(C)(C)c1ccccc1. The molecule has 106 valence electrons. The third kappa shape index (κ3) is 2.26. The Hall–Kier alpha value is -1.96. The molecule has 2 rings (SSSR count). The van der Waals surface area contributed by atoms with Crippen molar-refractivity contribution in [3.05, 3.63) is 58.7 Å². The summed E-state index contributed by atoms with van der Waals surface area (Å²) in [7, 11) is 0. The minimum Gasteiger partial charge on any atom is -0.398 e. The van der Waals surface area contributed by atoms with Gasteiger partial charge in [0.25, 0.3) is 0 Å². The third-order valence-electron chi connectivity index (χ3n) is 4.26. The molecule has 2 heteroatoms. The van der Waals surface area contributed by atoms with Gasteiger partial charge in [-0.15, -0.1) is 0 Å². The third-order valence-corrected chi connectivity index (χ3v) is 4.26. The van der Waals surface area contributed by atoms with Crippen molar-refractivity contribution in [1.29, 1.82) is 0 Å². The number of aryl methyl sites for hydroxylation is 1. The lowest BCUT2D eigenvalue weighted by Crippen LogP contribution is -2.23. The van der Waals surface area contributed by atoms with Gasteiger partial charge in [-0.2, -0.15) is 0 Å². The van der Waals surface area contributed by atoms with Crippen LogP contribution in [-0.4, -0.2) is 0 Å². The van der Waals surface area contributed by atoms with E-state index in [-0.39, 0.29) is 5.41 Å². The summed E-state index contributed by atoms with van der Waals surface area (Å²) in [4.78, 5) is 0. The predicted octanol–water partition coefficient (Wildman–Crippen LogP) is 4.05. The molecule has 0 fully saturated rings. The van der Waals surface area contributed by atoms with Gasteiger partial charge in [0.05, 0.1) is 0 Å². The fourth-order valence-electron chi connectivity index (χ4n) is 2.90. The topological polar surface area (TPSA) is 52.0 Å². The Morgan fingerprint density at radius 1 is 1.05 bits per heavy atom. The van der Waals surface area contributed by atoms with Gasteiger partial charge < -0.3 is 11.5 Å². The summed E-state index contributed by atoms with van der Waals surface area (Å²) in [5.41, 5.74) is 18.7. The highest BCUT2D eigenvalue weighted by atomic mass is 14.6. The number of rotatable bonds is 3. The molecule has 0 heterocycles. The van der Waals surface area contributed by atoms with Crippen LogP contribution in [0, 0.1) is 6.92 Å². The molecule has 20 heavy (non-hydrogen) atoms. The lowest BCUT2D eigenvalue weighted by molar-refractivity contribution is 0.634. The van der Waals surface area contributed by atoms with Gasteiger partial charge in [-0.1, -0.05) is 51.1 Å². The van der Waals surface area contributed by atoms with Crippen LogP contribution in [0.1, 0.15) is 43.0 Å². The fourth-order valence-corrected chi connectivity index (χ4v) is 2.90. The van der Waals surface area contributed by atoms with Gasteiger partial charge in [0.2, 0.25) is 0 Å². The second-order valence-electron chi connectivity index (χ2n) is 5.88. The molecule has 2 nitrogen and oxygen atoms in total. The highest BCUT2D eigenvalue weighted by molar-refractivity contribution is 5.70. The molecule has 0 spiro atoms. The lowest BCUT2D eigenvalue weighted by Gasteiger charge is -2.31. The van der Waals surface area contributed by atoms with Crippen LogP contribution >= 0.6 is 0 Å². The standard InChI is InChI=1S/C18H24N2/c1-5-13-11-15(19)12(2)17(20)16(13)18(3,4)14-9-7-6-8-10-14/h6-11H,5,19-20H2,1-4H3. The van der Waals surface area contributed by atoms with Gasteiger partial charge in [0.1, 0.15) is 0 Å². The zero-order valence-electron chi connectivity index (χ0n) is 12.8. The van der Waals surface area contributed by atoms with Crippen molar-refractivity contribution in [3.8, 4) is 0 Å². The molecule has 0 atom stereocenters. The maximum Gasteiger partial charge on any atom is 0.0408 e. The van der Waals surface area contributed by atoms with Crippen LogP contribution in [0.25, 0.3) is 0 Å². The molecule has 0 aliphatic heterocycles. The molecule has 0 amide bonds. The lowest BCUT2D eigenvalue weighted by atomic mass is 9.74. The first-order chi connectivity index (χ1) is 9.39. The van der Waals surface area contributed by atoms with Gasteiger partial charge in [-0.05, 0) is 41.7 Å². The van der Waals surface area contributed by atoms with Gasteiger partial charge >= 0.3 is 0 Å². The quantitative estimate of drug-likeness (QED) is 0.825. The second-order valence-corrected chi connectivity index (χ2v) is 5.88. The Labute approximate surface area is 121 Å². The number of nitrogen functional groups attached to an aromatic ring is 2. The fraction of sp³-hybridized carbons (Fsp3) is 0.333. The van der Waals surface area contributed by atoms with Gasteiger partial charge in [0, 0.05) is 16.8 Å². The number of hydrogen-bond donors (Lipinski definition) is 2. The molecule has 0 aliphatic carbocycles. The average Bonchev–Trinajstić information content (AvgIpc) is 2.44. The van der Waals surface area contributed by atoms with Crippen molar-refractivity contribution in [2.75, 3.05) is 11.5 Å². The normalized spacial score (nSPS) is 11.6. The smallest absolute Gasteiger partial charge is 0.0408 e. The molecular weight excluding hydrogens is 244 g/mol. The monoisotopic (exact) mass is 268 g/mol. The van der Waals surface area contributed by atoms with Crippen molar-refractivity contribution >= 4 is 11.4 Å². The Morgan fingerprint density at radius 3 is 2.20 bits per heavy atom. The van der Waals surface area contributed by atoms with Crippen molar-refractivity contribution in [2.24, 2.45) is 0 Å². The van der Waals surface area contributed by atoms with E-state index < -0.39 is 0 Å². The summed E-state index contributed by atoms with van der Waals surface area (Å²) in [5.74, 6) is 0. The first kappa shape index (κ1) is 14.4. The van der Waals surface area contributed by atoms with E-state index in [4.69, 9.17) is 11.5 Å². The molecule has 0 saturated heterocycles. The minimum atomic E-state index is -0.130. The van der Waals surface area contributed by atoms with Crippen molar-refractivity contribution < 1.29 is 0 Å². The maximum absolute atomic E-state index is 6.40. The van der Waals surface area contributed by atoms with Crippen LogP contribution in [0.5, 0.6) is 0 Å². The Morgan fingerprint density at radius 2 is 1.65 bits per heavy atom. The molecule has 0 unspecified atom stereocenters. The highest BCUT2D eigenvalue weighted by Gasteiger charge is 2.28. The first-order valence-electron chi connectivity index (χ1n) is 7.13. The maximum atomic E-state index is 6.40. The molecule has 0 radical (unpaired) electrons. The largest absolute Gasteiger partial charge is 0.398 e.